The first-order chi connectivity index (χ1) is 9.71. The molecule has 9 nitrogen and oxygen atoms in total. The van der Waals surface area contributed by atoms with Crippen molar-refractivity contribution in [3.8, 4) is 0 Å². The lowest BCUT2D eigenvalue weighted by atomic mass is 10.0. The van der Waals surface area contributed by atoms with Gasteiger partial charge < -0.3 is 10.1 Å². The highest BCUT2D eigenvalue weighted by atomic mass is 35.5. The zero-order valence-corrected chi connectivity index (χ0v) is 13.1. The third kappa shape index (κ3) is 6.36. The number of alkyl carbamates (subject to hydrolysis) is 1. The lowest BCUT2D eigenvalue weighted by Gasteiger charge is -2.24. The van der Waals surface area contributed by atoms with Gasteiger partial charge in [0.25, 0.3) is 5.96 Å². The first-order valence-corrected chi connectivity index (χ1v) is 6.92. The van der Waals surface area contributed by atoms with E-state index in [1.165, 1.54) is 18.4 Å². The molecule has 0 aliphatic heterocycles. The average Bonchev–Trinajstić information content (AvgIpc) is 2.71. The van der Waals surface area contributed by atoms with Gasteiger partial charge in [-0.1, -0.05) is 11.6 Å². The first kappa shape index (κ1) is 17.1. The Bertz CT molecular complexity index is 559. The number of hydrogen-bond donors (Lipinski definition) is 2. The third-order valence-corrected chi connectivity index (χ3v) is 3.25. The molecule has 0 aromatic carbocycles. The molecule has 0 saturated heterocycles. The van der Waals surface area contributed by atoms with Gasteiger partial charge >= 0.3 is 6.09 Å². The maximum atomic E-state index is 11.7. The summed E-state index contributed by atoms with van der Waals surface area (Å²) in [5, 5.41) is 16.8. The van der Waals surface area contributed by atoms with Crippen molar-refractivity contribution < 1.29 is 14.6 Å². The summed E-state index contributed by atoms with van der Waals surface area (Å²) in [5.74, 6) is -0.318. The Kier molecular flexibility index (Phi) is 5.85. The molecule has 0 unspecified atom stereocenters. The number of carbonyl (C=O) groups excluding carboxylic acids is 1. The van der Waals surface area contributed by atoms with Gasteiger partial charge in [-0.05, 0) is 13.8 Å². The van der Waals surface area contributed by atoms with Crippen molar-refractivity contribution >= 4 is 35.0 Å². The van der Waals surface area contributed by atoms with E-state index in [-0.39, 0.29) is 5.96 Å². The van der Waals surface area contributed by atoms with Crippen LogP contribution in [0.5, 0.6) is 0 Å². The lowest BCUT2D eigenvalue weighted by molar-refractivity contribution is -0.485. The van der Waals surface area contributed by atoms with Crippen molar-refractivity contribution in [1.29, 1.82) is 0 Å². The Morgan fingerprint density at radius 2 is 2.33 bits per heavy atom. The first-order valence-electron chi connectivity index (χ1n) is 5.73. The molecule has 116 valence electrons. The minimum absolute atomic E-state index is 0.318. The number of nitrogens with zero attached hydrogens (tertiary/aromatic N) is 3. The average molecular weight is 336 g/mol. The van der Waals surface area contributed by atoms with Crippen molar-refractivity contribution in [2.24, 2.45) is 5.10 Å². The van der Waals surface area contributed by atoms with Crippen LogP contribution in [0.25, 0.3) is 0 Å². The molecular formula is C10H14ClN5O4S. The maximum Gasteiger partial charge on any atom is 0.414 e. The largest absolute Gasteiger partial charge is 0.443 e. The number of rotatable bonds is 4. The molecule has 1 rings (SSSR count). The lowest BCUT2D eigenvalue weighted by Crippen LogP contribution is -2.43. The molecule has 0 atom stereocenters. The SMILES string of the molecule is CNC(=N[N+](=O)[O-])NC(=O)OC(C)(C)Cc1cnc(Cl)s1. The van der Waals surface area contributed by atoms with Gasteiger partial charge in [-0.3, -0.25) is 5.32 Å². The zero-order valence-electron chi connectivity index (χ0n) is 11.5. The highest BCUT2D eigenvalue weighted by molar-refractivity contribution is 7.15. The fourth-order valence-electron chi connectivity index (χ4n) is 1.41. The number of nitro groups is 1. The summed E-state index contributed by atoms with van der Waals surface area (Å²) < 4.78 is 5.61. The molecule has 1 heterocycles. The minimum Gasteiger partial charge on any atom is -0.443 e. The van der Waals surface area contributed by atoms with E-state index in [4.69, 9.17) is 16.3 Å². The smallest absolute Gasteiger partial charge is 0.414 e. The summed E-state index contributed by atoms with van der Waals surface area (Å²) in [6.07, 6.45) is 1.15. The fraction of sp³-hybridized carbons (Fsp3) is 0.500. The number of hydrazone groups is 1. The molecule has 1 aromatic rings. The van der Waals surface area contributed by atoms with Crippen LogP contribution < -0.4 is 10.6 Å². The van der Waals surface area contributed by atoms with Gasteiger partial charge in [-0.15, -0.1) is 11.3 Å². The van der Waals surface area contributed by atoms with E-state index in [9.17, 15) is 14.9 Å². The van der Waals surface area contributed by atoms with Gasteiger partial charge in [-0.2, -0.15) is 0 Å². The van der Waals surface area contributed by atoms with Crippen LogP contribution in [0.4, 0.5) is 4.79 Å². The minimum atomic E-state index is -0.934. The van der Waals surface area contributed by atoms with Crippen LogP contribution in [0.15, 0.2) is 11.3 Å². The van der Waals surface area contributed by atoms with E-state index in [0.29, 0.717) is 10.9 Å². The van der Waals surface area contributed by atoms with Crippen LogP contribution >= 0.6 is 22.9 Å². The number of hydrogen-bond acceptors (Lipinski definition) is 6. The Balaban J connectivity index is 2.61. The van der Waals surface area contributed by atoms with Crippen molar-refractivity contribution in [2.75, 3.05) is 7.05 Å². The Morgan fingerprint density at radius 3 is 2.81 bits per heavy atom. The highest BCUT2D eigenvalue weighted by Gasteiger charge is 2.25. The molecule has 11 heteroatoms. The summed E-state index contributed by atoms with van der Waals surface area (Å²) in [4.78, 5) is 26.7. The van der Waals surface area contributed by atoms with Gasteiger partial charge in [0, 0.05) is 24.5 Å². The number of ether oxygens (including phenoxy) is 1. The number of guanidine groups is 1. The predicted octanol–water partition coefficient (Wildman–Crippen LogP) is 1.61. The van der Waals surface area contributed by atoms with Crippen LogP contribution in [-0.4, -0.2) is 34.7 Å². The monoisotopic (exact) mass is 335 g/mol. The second-order valence-electron chi connectivity index (χ2n) is 4.47. The molecule has 1 amide bonds. The Labute approximate surface area is 129 Å². The number of amides is 1. The Morgan fingerprint density at radius 1 is 1.67 bits per heavy atom. The second kappa shape index (κ2) is 7.18. The molecule has 0 radical (unpaired) electrons. The van der Waals surface area contributed by atoms with E-state index in [1.807, 2.05) is 0 Å². The molecule has 2 N–H and O–H groups in total. The molecule has 0 aliphatic rings. The van der Waals surface area contributed by atoms with Gasteiger partial charge in [0.1, 0.15) is 10.7 Å². The molecular weight excluding hydrogens is 322 g/mol. The molecule has 0 fully saturated rings. The number of halogens is 1. The molecule has 0 spiro atoms. The second-order valence-corrected chi connectivity index (χ2v) is 6.16. The van der Waals surface area contributed by atoms with Crippen LogP contribution in [0, 0.1) is 10.1 Å². The van der Waals surface area contributed by atoms with Crippen molar-refractivity contribution in [2.45, 2.75) is 25.9 Å². The molecule has 0 bridgehead atoms. The number of nitrogens with one attached hydrogen (secondary N) is 2. The van der Waals surface area contributed by atoms with Gasteiger partial charge in [0.15, 0.2) is 9.50 Å². The van der Waals surface area contributed by atoms with Crippen LogP contribution in [0.2, 0.25) is 4.47 Å². The molecule has 0 saturated carbocycles. The van der Waals surface area contributed by atoms with Gasteiger partial charge in [0.2, 0.25) is 0 Å². The van der Waals surface area contributed by atoms with E-state index >= 15 is 0 Å². The number of thiazole rings is 1. The van der Waals surface area contributed by atoms with Gasteiger partial charge in [-0.25, -0.2) is 19.9 Å². The van der Waals surface area contributed by atoms with Crippen molar-refractivity contribution in [3.63, 3.8) is 0 Å². The van der Waals surface area contributed by atoms with E-state index < -0.39 is 16.7 Å². The fourth-order valence-corrected chi connectivity index (χ4v) is 2.61. The summed E-state index contributed by atoms with van der Waals surface area (Å²) in [5.41, 5.74) is -0.840. The number of carbonyl (C=O) groups is 1. The van der Waals surface area contributed by atoms with Crippen LogP contribution in [0.3, 0.4) is 0 Å². The quantitative estimate of drug-likeness (QED) is 0.373. The van der Waals surface area contributed by atoms with Crippen LogP contribution in [0.1, 0.15) is 18.7 Å². The van der Waals surface area contributed by atoms with Crippen molar-refractivity contribution in [1.82, 2.24) is 15.6 Å². The third-order valence-electron chi connectivity index (χ3n) is 2.13. The van der Waals surface area contributed by atoms with E-state index in [1.54, 1.807) is 20.0 Å². The molecule has 21 heavy (non-hydrogen) atoms. The van der Waals surface area contributed by atoms with Crippen LogP contribution in [-0.2, 0) is 11.2 Å². The zero-order chi connectivity index (χ0) is 16.0. The normalized spacial score (nSPS) is 11.9. The predicted molar refractivity (Wildman–Crippen MR) is 78.0 cm³/mol. The van der Waals surface area contributed by atoms with Crippen molar-refractivity contribution in [3.05, 3.63) is 25.7 Å². The van der Waals surface area contributed by atoms with E-state index in [0.717, 1.165) is 4.88 Å². The topological polar surface area (TPSA) is 119 Å². The molecule has 1 aromatic heterocycles. The summed E-state index contributed by atoms with van der Waals surface area (Å²) >= 11 is 7.02. The standard InChI is InChI=1S/C10H14ClN5O4S/c1-10(2,4-6-5-13-7(11)21-6)20-9(17)14-8(12-3)15-16(18)19/h5H,4H2,1-3H3,(H2,12,14,15,17). The highest BCUT2D eigenvalue weighted by Crippen LogP contribution is 2.24. The summed E-state index contributed by atoms with van der Waals surface area (Å²) in [6.45, 7) is 3.40. The summed E-state index contributed by atoms with van der Waals surface area (Å²) in [7, 11) is 1.38. The Hall–Kier alpha value is -1.94. The van der Waals surface area contributed by atoms with Gasteiger partial charge in [0.05, 0.1) is 0 Å². The maximum absolute atomic E-state index is 11.7. The van der Waals surface area contributed by atoms with E-state index in [2.05, 4.69) is 20.7 Å². The summed E-state index contributed by atoms with van der Waals surface area (Å²) in [6, 6.07) is 0. The number of aromatic nitrogens is 1. The molecule has 0 aliphatic carbocycles.